The molecule has 2 saturated heterocycles. The third-order valence-electron chi connectivity index (χ3n) is 5.26. The van der Waals surface area contributed by atoms with Crippen LogP contribution in [0.1, 0.15) is 33.9 Å². The summed E-state index contributed by atoms with van der Waals surface area (Å²) in [5.74, 6) is -0.242. The fourth-order valence-corrected chi connectivity index (χ4v) is 3.61. The first-order valence-corrected chi connectivity index (χ1v) is 9.73. The summed E-state index contributed by atoms with van der Waals surface area (Å²) in [5, 5.41) is 2.90. The minimum atomic E-state index is -0.399. The van der Waals surface area contributed by atoms with Gasteiger partial charge in [-0.15, -0.1) is 0 Å². The van der Waals surface area contributed by atoms with Crippen molar-refractivity contribution in [2.45, 2.75) is 19.0 Å². The lowest BCUT2D eigenvalue weighted by Crippen LogP contribution is -2.50. The van der Waals surface area contributed by atoms with Crippen LogP contribution in [0.15, 0.2) is 54.6 Å². The van der Waals surface area contributed by atoms with Crippen LogP contribution in [-0.2, 0) is 16.1 Å². The predicted molar refractivity (Wildman–Crippen MR) is 106 cm³/mol. The Morgan fingerprint density at radius 2 is 1.69 bits per heavy atom. The molecule has 2 fully saturated rings. The molecule has 1 atom stereocenters. The number of carbonyl (C=O) groups is 3. The van der Waals surface area contributed by atoms with Crippen molar-refractivity contribution in [3.8, 4) is 0 Å². The molecule has 0 bridgehead atoms. The van der Waals surface area contributed by atoms with E-state index in [1.807, 2.05) is 30.3 Å². The maximum atomic E-state index is 12.6. The molecule has 2 aromatic carbocycles. The Balaban J connectivity index is 1.39. The van der Waals surface area contributed by atoms with Crippen molar-refractivity contribution in [2.24, 2.45) is 0 Å². The second-order valence-electron chi connectivity index (χ2n) is 7.20. The summed E-state index contributed by atoms with van der Waals surface area (Å²) in [5.41, 5.74) is 2.30. The van der Waals surface area contributed by atoms with Gasteiger partial charge in [-0.2, -0.15) is 0 Å². The van der Waals surface area contributed by atoms with Gasteiger partial charge in [-0.1, -0.05) is 42.5 Å². The highest BCUT2D eigenvalue weighted by molar-refractivity contribution is 5.97. The minimum Gasteiger partial charge on any atom is -0.378 e. The van der Waals surface area contributed by atoms with E-state index >= 15 is 0 Å². The summed E-state index contributed by atoms with van der Waals surface area (Å²) < 4.78 is 5.28. The number of imide groups is 1. The van der Waals surface area contributed by atoms with Crippen LogP contribution in [0.2, 0.25) is 0 Å². The van der Waals surface area contributed by atoms with Crippen LogP contribution in [0.4, 0.5) is 4.79 Å². The van der Waals surface area contributed by atoms with Crippen LogP contribution in [-0.4, -0.2) is 53.9 Å². The monoisotopic (exact) mass is 393 g/mol. The van der Waals surface area contributed by atoms with Crippen molar-refractivity contribution in [3.05, 3.63) is 71.3 Å². The molecule has 0 radical (unpaired) electrons. The van der Waals surface area contributed by atoms with E-state index in [-0.39, 0.29) is 30.8 Å². The fourth-order valence-electron chi connectivity index (χ4n) is 3.61. The highest BCUT2D eigenvalue weighted by Crippen LogP contribution is 2.23. The summed E-state index contributed by atoms with van der Waals surface area (Å²) in [6, 6.07) is 15.8. The molecule has 0 aromatic heterocycles. The number of benzene rings is 2. The number of rotatable bonds is 4. The minimum absolute atomic E-state index is 0.0302. The molecule has 7 nitrogen and oxygen atoms in total. The Morgan fingerprint density at radius 1 is 1.00 bits per heavy atom. The number of amides is 4. The fraction of sp³-hybridized carbons (Fsp3) is 0.318. The lowest BCUT2D eigenvalue weighted by molar-refractivity contribution is -0.130. The van der Waals surface area contributed by atoms with Gasteiger partial charge in [0.05, 0.1) is 32.2 Å². The van der Waals surface area contributed by atoms with E-state index in [1.165, 1.54) is 4.90 Å². The average Bonchev–Trinajstić information content (AvgIpc) is 2.77. The summed E-state index contributed by atoms with van der Waals surface area (Å²) in [4.78, 5) is 40.6. The molecule has 0 unspecified atom stereocenters. The van der Waals surface area contributed by atoms with Crippen LogP contribution < -0.4 is 5.32 Å². The predicted octanol–water partition coefficient (Wildman–Crippen LogP) is 2.34. The van der Waals surface area contributed by atoms with Gasteiger partial charge in [0, 0.05) is 18.7 Å². The van der Waals surface area contributed by atoms with Crippen LogP contribution in [0, 0.1) is 0 Å². The van der Waals surface area contributed by atoms with Crippen molar-refractivity contribution < 1.29 is 19.1 Å². The normalized spacial score (nSPS) is 19.8. The summed E-state index contributed by atoms with van der Waals surface area (Å²) >= 11 is 0. The molecule has 2 aromatic rings. The van der Waals surface area contributed by atoms with Gasteiger partial charge in [0.25, 0.3) is 5.91 Å². The number of ether oxygens (including phenoxy) is 1. The van der Waals surface area contributed by atoms with E-state index < -0.39 is 6.03 Å². The first kappa shape index (κ1) is 19.1. The summed E-state index contributed by atoms with van der Waals surface area (Å²) in [7, 11) is 0. The number of nitrogens with one attached hydrogen (secondary N) is 1. The standard InChI is InChI=1S/C22H23N3O4/c26-20-14-19(17-4-2-1-3-5-17)23-22(28)25(20)15-16-6-8-18(9-7-16)21(27)24-10-12-29-13-11-24/h1-9,19H,10-15H2,(H,23,28)/t19-/m0/s1. The van der Waals surface area contributed by atoms with Gasteiger partial charge in [0.15, 0.2) is 0 Å². The van der Waals surface area contributed by atoms with Crippen LogP contribution >= 0.6 is 0 Å². The maximum absolute atomic E-state index is 12.6. The second kappa shape index (κ2) is 8.45. The number of carbonyl (C=O) groups excluding carboxylic acids is 3. The van der Waals surface area contributed by atoms with E-state index in [2.05, 4.69) is 5.32 Å². The lowest BCUT2D eigenvalue weighted by Gasteiger charge is -2.31. The molecule has 2 aliphatic heterocycles. The molecule has 0 aliphatic carbocycles. The molecule has 7 heteroatoms. The first-order chi connectivity index (χ1) is 14.1. The Hall–Kier alpha value is -3.19. The highest BCUT2D eigenvalue weighted by atomic mass is 16.5. The molecular formula is C22H23N3O4. The summed E-state index contributed by atoms with van der Waals surface area (Å²) in [6.45, 7) is 2.47. The molecule has 150 valence electrons. The smallest absolute Gasteiger partial charge is 0.324 e. The molecular weight excluding hydrogens is 370 g/mol. The van der Waals surface area contributed by atoms with Gasteiger partial charge in [0.2, 0.25) is 5.91 Å². The third kappa shape index (κ3) is 4.30. The van der Waals surface area contributed by atoms with Gasteiger partial charge < -0.3 is 15.0 Å². The molecule has 1 N–H and O–H groups in total. The zero-order valence-corrected chi connectivity index (χ0v) is 16.0. The lowest BCUT2D eigenvalue weighted by atomic mass is 10.0. The molecule has 4 rings (SSSR count). The molecule has 2 aliphatic rings. The van der Waals surface area contributed by atoms with Crippen molar-refractivity contribution >= 4 is 17.8 Å². The van der Waals surface area contributed by atoms with Crippen LogP contribution in [0.25, 0.3) is 0 Å². The van der Waals surface area contributed by atoms with E-state index in [1.54, 1.807) is 29.2 Å². The van der Waals surface area contributed by atoms with Gasteiger partial charge in [-0.05, 0) is 23.3 Å². The van der Waals surface area contributed by atoms with E-state index in [0.717, 1.165) is 11.1 Å². The SMILES string of the molecule is O=C(c1ccc(CN2C(=O)C[C@@H](c3ccccc3)NC2=O)cc1)N1CCOCC1. The molecule has 2 heterocycles. The topological polar surface area (TPSA) is 79.0 Å². The summed E-state index contributed by atoms with van der Waals surface area (Å²) in [6.07, 6.45) is 0.226. The molecule has 0 spiro atoms. The van der Waals surface area contributed by atoms with Crippen molar-refractivity contribution in [1.29, 1.82) is 0 Å². The average molecular weight is 393 g/mol. The molecule has 4 amide bonds. The number of morpholine rings is 1. The number of nitrogens with zero attached hydrogens (tertiary/aromatic N) is 2. The Labute approximate surface area is 169 Å². The number of urea groups is 1. The van der Waals surface area contributed by atoms with Gasteiger partial charge in [-0.3, -0.25) is 14.5 Å². The Morgan fingerprint density at radius 3 is 2.34 bits per heavy atom. The van der Waals surface area contributed by atoms with Crippen molar-refractivity contribution in [3.63, 3.8) is 0 Å². The Bertz CT molecular complexity index is 874. The van der Waals surface area contributed by atoms with Gasteiger partial charge >= 0.3 is 6.03 Å². The quantitative estimate of drug-likeness (QED) is 0.865. The van der Waals surface area contributed by atoms with E-state index in [9.17, 15) is 14.4 Å². The first-order valence-electron chi connectivity index (χ1n) is 9.73. The van der Waals surface area contributed by atoms with Gasteiger partial charge in [0.1, 0.15) is 0 Å². The molecule has 29 heavy (non-hydrogen) atoms. The number of hydrogen-bond acceptors (Lipinski definition) is 4. The molecule has 0 saturated carbocycles. The number of hydrogen-bond donors (Lipinski definition) is 1. The van der Waals surface area contributed by atoms with Crippen LogP contribution in [0.3, 0.4) is 0 Å². The van der Waals surface area contributed by atoms with Crippen molar-refractivity contribution in [2.75, 3.05) is 26.3 Å². The Kier molecular flexibility index (Phi) is 5.57. The van der Waals surface area contributed by atoms with Gasteiger partial charge in [-0.25, -0.2) is 4.79 Å². The maximum Gasteiger partial charge on any atom is 0.324 e. The zero-order valence-electron chi connectivity index (χ0n) is 16.0. The zero-order chi connectivity index (χ0) is 20.2. The largest absolute Gasteiger partial charge is 0.378 e. The van der Waals surface area contributed by atoms with E-state index in [4.69, 9.17) is 4.74 Å². The third-order valence-corrected chi connectivity index (χ3v) is 5.26. The van der Waals surface area contributed by atoms with Crippen molar-refractivity contribution in [1.82, 2.24) is 15.1 Å². The van der Waals surface area contributed by atoms with Crippen LogP contribution in [0.5, 0.6) is 0 Å². The second-order valence-corrected chi connectivity index (χ2v) is 7.20. The highest BCUT2D eigenvalue weighted by Gasteiger charge is 2.32. The van der Waals surface area contributed by atoms with E-state index in [0.29, 0.717) is 31.9 Å².